The molecule has 1 aromatic carbocycles. The molecular weight excluding hydrogens is 350 g/mol. The van der Waals surface area contributed by atoms with Gasteiger partial charge in [0, 0.05) is 17.5 Å². The summed E-state index contributed by atoms with van der Waals surface area (Å²) >= 11 is 0. The smallest absolute Gasteiger partial charge is 0.408 e. The molecule has 0 saturated heterocycles. The molecule has 1 atom stereocenters. The maximum absolute atomic E-state index is 12.5. The van der Waals surface area contributed by atoms with Crippen LogP contribution in [0, 0.1) is 6.92 Å². The Bertz CT molecular complexity index is 893. The predicted octanol–water partition coefficient (Wildman–Crippen LogP) is 3.70. The molecule has 146 valence electrons. The fourth-order valence-electron chi connectivity index (χ4n) is 2.54. The first-order valence-electron chi connectivity index (χ1n) is 8.85. The molecule has 0 aliphatic carbocycles. The van der Waals surface area contributed by atoms with Crippen molar-refractivity contribution in [1.29, 1.82) is 0 Å². The molecule has 0 spiro atoms. The van der Waals surface area contributed by atoms with Gasteiger partial charge in [-0.3, -0.25) is 0 Å². The molecule has 2 aromatic rings. The first-order valence-corrected chi connectivity index (χ1v) is 8.85. The van der Waals surface area contributed by atoms with Gasteiger partial charge in [-0.25, -0.2) is 14.4 Å². The summed E-state index contributed by atoms with van der Waals surface area (Å²) in [7, 11) is 0. The molecule has 2 rings (SSSR count). The second kappa shape index (κ2) is 8.24. The molecule has 1 heterocycles. The number of amides is 1. The Morgan fingerprint density at radius 1 is 1.22 bits per heavy atom. The highest BCUT2D eigenvalue weighted by Gasteiger charge is 2.25. The van der Waals surface area contributed by atoms with Crippen LogP contribution < -0.4 is 15.7 Å². The summed E-state index contributed by atoms with van der Waals surface area (Å²) in [6.45, 7) is 8.91. The van der Waals surface area contributed by atoms with E-state index in [1.54, 1.807) is 39.8 Å². The molecule has 7 nitrogen and oxygen atoms in total. The van der Waals surface area contributed by atoms with E-state index in [9.17, 15) is 14.4 Å². The summed E-state index contributed by atoms with van der Waals surface area (Å²) in [6, 6.07) is 5.37. The van der Waals surface area contributed by atoms with Gasteiger partial charge in [0.05, 0.1) is 0 Å². The summed E-state index contributed by atoms with van der Waals surface area (Å²) in [6.07, 6.45) is 0.388. The molecule has 0 aliphatic heterocycles. The Kier molecular flexibility index (Phi) is 6.25. The third-order valence-corrected chi connectivity index (χ3v) is 3.69. The number of aryl methyl sites for hydroxylation is 1. The summed E-state index contributed by atoms with van der Waals surface area (Å²) in [4.78, 5) is 36.0. The van der Waals surface area contributed by atoms with Gasteiger partial charge in [-0.05, 0) is 51.8 Å². The van der Waals surface area contributed by atoms with E-state index in [4.69, 9.17) is 13.9 Å². The van der Waals surface area contributed by atoms with Gasteiger partial charge < -0.3 is 19.2 Å². The Balaban J connectivity index is 2.16. The number of rotatable bonds is 5. The average Bonchev–Trinajstić information content (AvgIpc) is 2.52. The Labute approximate surface area is 157 Å². The third kappa shape index (κ3) is 5.84. The van der Waals surface area contributed by atoms with E-state index in [1.165, 1.54) is 12.1 Å². The Hall–Kier alpha value is -2.83. The van der Waals surface area contributed by atoms with Gasteiger partial charge in [-0.15, -0.1) is 0 Å². The maximum atomic E-state index is 12.5. The Morgan fingerprint density at radius 3 is 2.56 bits per heavy atom. The van der Waals surface area contributed by atoms with Crippen LogP contribution in [0.4, 0.5) is 4.79 Å². The van der Waals surface area contributed by atoms with Crippen LogP contribution in [-0.4, -0.2) is 23.7 Å². The lowest BCUT2D eigenvalue weighted by atomic mass is 10.1. The van der Waals surface area contributed by atoms with Crippen LogP contribution in [0.25, 0.3) is 11.0 Å². The van der Waals surface area contributed by atoms with Crippen molar-refractivity contribution in [2.75, 3.05) is 0 Å². The molecule has 0 aliphatic rings. The molecule has 7 heteroatoms. The number of carbonyl (C=O) groups is 2. The number of ether oxygens (including phenoxy) is 2. The summed E-state index contributed by atoms with van der Waals surface area (Å²) < 4.78 is 15.7. The van der Waals surface area contributed by atoms with Crippen LogP contribution in [0.1, 0.15) is 46.1 Å². The first-order chi connectivity index (χ1) is 12.6. The maximum Gasteiger partial charge on any atom is 0.408 e. The van der Waals surface area contributed by atoms with Crippen LogP contribution in [0.15, 0.2) is 33.5 Å². The zero-order valence-corrected chi connectivity index (χ0v) is 16.3. The number of alkyl carbamates (subject to hydrolysis) is 1. The van der Waals surface area contributed by atoms with Crippen LogP contribution in [0.2, 0.25) is 0 Å². The second-order valence-corrected chi connectivity index (χ2v) is 7.32. The normalized spacial score (nSPS) is 12.5. The minimum absolute atomic E-state index is 0.230. The van der Waals surface area contributed by atoms with Gasteiger partial charge in [-0.1, -0.05) is 13.3 Å². The van der Waals surface area contributed by atoms with Crippen molar-refractivity contribution in [2.24, 2.45) is 0 Å². The minimum Gasteiger partial charge on any atom is -0.444 e. The highest BCUT2D eigenvalue weighted by Crippen LogP contribution is 2.22. The van der Waals surface area contributed by atoms with E-state index >= 15 is 0 Å². The van der Waals surface area contributed by atoms with Gasteiger partial charge in [0.25, 0.3) is 0 Å². The van der Waals surface area contributed by atoms with E-state index in [-0.39, 0.29) is 5.75 Å². The van der Waals surface area contributed by atoms with Crippen molar-refractivity contribution in [3.05, 3.63) is 40.2 Å². The molecule has 1 unspecified atom stereocenters. The molecular formula is C20H25NO6. The zero-order valence-electron chi connectivity index (χ0n) is 16.3. The number of carbonyl (C=O) groups excluding carboxylic acids is 2. The third-order valence-electron chi connectivity index (χ3n) is 3.69. The van der Waals surface area contributed by atoms with Crippen molar-refractivity contribution in [3.63, 3.8) is 0 Å². The number of esters is 1. The SMILES string of the molecule is CCCC(NC(=O)OC(C)(C)C)C(=O)Oc1ccc2c(C)cc(=O)oc2c1. The second-order valence-electron chi connectivity index (χ2n) is 7.32. The van der Waals surface area contributed by atoms with Crippen molar-refractivity contribution < 1.29 is 23.5 Å². The predicted molar refractivity (Wildman–Crippen MR) is 101 cm³/mol. The van der Waals surface area contributed by atoms with Gasteiger partial charge in [-0.2, -0.15) is 0 Å². The molecule has 1 amide bonds. The van der Waals surface area contributed by atoms with Crippen LogP contribution >= 0.6 is 0 Å². The van der Waals surface area contributed by atoms with Gasteiger partial charge in [0.1, 0.15) is 23.0 Å². The van der Waals surface area contributed by atoms with Crippen molar-refractivity contribution in [1.82, 2.24) is 5.32 Å². The van der Waals surface area contributed by atoms with Crippen LogP contribution in [0.5, 0.6) is 5.75 Å². The molecule has 1 aromatic heterocycles. The lowest BCUT2D eigenvalue weighted by Gasteiger charge is -2.22. The lowest BCUT2D eigenvalue weighted by molar-refractivity contribution is -0.137. The quantitative estimate of drug-likeness (QED) is 0.486. The topological polar surface area (TPSA) is 94.8 Å². The molecule has 0 bridgehead atoms. The molecule has 0 saturated carbocycles. The van der Waals surface area contributed by atoms with Crippen LogP contribution in [0.3, 0.4) is 0 Å². The molecule has 1 N–H and O–H groups in total. The first kappa shape index (κ1) is 20.5. The monoisotopic (exact) mass is 375 g/mol. The fraction of sp³-hybridized carbons (Fsp3) is 0.450. The lowest BCUT2D eigenvalue weighted by Crippen LogP contribution is -2.45. The number of benzene rings is 1. The minimum atomic E-state index is -0.843. The molecule has 27 heavy (non-hydrogen) atoms. The molecule has 0 fully saturated rings. The number of nitrogens with one attached hydrogen (secondary N) is 1. The fourth-order valence-corrected chi connectivity index (χ4v) is 2.54. The Morgan fingerprint density at radius 2 is 1.93 bits per heavy atom. The van der Waals surface area contributed by atoms with Crippen LogP contribution in [-0.2, 0) is 9.53 Å². The summed E-state index contributed by atoms with van der Waals surface area (Å²) in [5, 5.41) is 3.30. The standard InChI is InChI=1S/C20H25NO6/c1-6-7-15(21-19(24)27-20(3,4)5)18(23)25-13-8-9-14-12(2)10-17(22)26-16(14)11-13/h8-11,15H,6-7H2,1-5H3,(H,21,24). The largest absolute Gasteiger partial charge is 0.444 e. The van der Waals surface area contributed by atoms with E-state index in [0.717, 1.165) is 10.9 Å². The van der Waals surface area contributed by atoms with E-state index in [2.05, 4.69) is 5.32 Å². The highest BCUT2D eigenvalue weighted by molar-refractivity contribution is 5.85. The van der Waals surface area contributed by atoms with Gasteiger partial charge in [0.2, 0.25) is 0 Å². The van der Waals surface area contributed by atoms with E-state index in [0.29, 0.717) is 18.4 Å². The number of fused-ring (bicyclic) bond motifs is 1. The average molecular weight is 375 g/mol. The number of hydrogen-bond donors (Lipinski definition) is 1. The molecule has 0 radical (unpaired) electrons. The summed E-state index contributed by atoms with van der Waals surface area (Å²) in [5.41, 5.74) is -0.0376. The zero-order chi connectivity index (χ0) is 20.2. The van der Waals surface area contributed by atoms with Gasteiger partial charge in [0.15, 0.2) is 0 Å². The van der Waals surface area contributed by atoms with Crippen molar-refractivity contribution in [3.8, 4) is 5.75 Å². The van der Waals surface area contributed by atoms with Crippen molar-refractivity contribution in [2.45, 2.75) is 59.1 Å². The van der Waals surface area contributed by atoms with E-state index < -0.39 is 29.3 Å². The highest BCUT2D eigenvalue weighted by atomic mass is 16.6. The van der Waals surface area contributed by atoms with Crippen molar-refractivity contribution >= 4 is 23.0 Å². The summed E-state index contributed by atoms with van der Waals surface area (Å²) in [5.74, 6) is -0.384. The number of hydrogen-bond acceptors (Lipinski definition) is 6. The van der Waals surface area contributed by atoms with Gasteiger partial charge >= 0.3 is 17.7 Å². The van der Waals surface area contributed by atoms with E-state index in [1.807, 2.05) is 6.92 Å².